The minimum Gasteiger partial charge on any atom is -0.298 e. The van der Waals surface area contributed by atoms with E-state index in [2.05, 4.69) is 10.1 Å². The predicted octanol–water partition coefficient (Wildman–Crippen LogP) is 2.45. The van der Waals surface area contributed by atoms with Gasteiger partial charge in [0.25, 0.3) is 0 Å². The Hall–Kier alpha value is -2.49. The number of carbonyl (C=O) groups is 1. The molecule has 0 saturated carbocycles. The molecule has 88 valence electrons. The minimum absolute atomic E-state index is 0.668. The van der Waals surface area contributed by atoms with Crippen molar-refractivity contribution in [2.24, 2.45) is 7.05 Å². The van der Waals surface area contributed by atoms with Gasteiger partial charge in [-0.1, -0.05) is 0 Å². The van der Waals surface area contributed by atoms with Crippen LogP contribution in [0.3, 0.4) is 0 Å². The topological polar surface area (TPSA) is 47.8 Å². The molecule has 0 bridgehead atoms. The van der Waals surface area contributed by atoms with Crippen molar-refractivity contribution in [3.63, 3.8) is 0 Å². The molecule has 0 aliphatic heterocycles. The Labute approximate surface area is 104 Å². The minimum atomic E-state index is 0.668. The van der Waals surface area contributed by atoms with E-state index >= 15 is 0 Å². The third-order valence-corrected chi connectivity index (χ3v) is 2.95. The zero-order valence-corrected chi connectivity index (χ0v) is 9.87. The molecule has 4 nitrogen and oxygen atoms in total. The Morgan fingerprint density at radius 3 is 2.83 bits per heavy atom. The summed E-state index contributed by atoms with van der Waals surface area (Å²) in [7, 11) is 1.85. The Balaban J connectivity index is 2.30. The van der Waals surface area contributed by atoms with Crippen molar-refractivity contribution in [3.05, 3.63) is 48.5 Å². The largest absolute Gasteiger partial charge is 0.298 e. The van der Waals surface area contributed by atoms with Crippen LogP contribution in [0.25, 0.3) is 21.9 Å². The molecular formula is C14H11N3O. The van der Waals surface area contributed by atoms with Crippen molar-refractivity contribution in [3.8, 4) is 11.1 Å². The first kappa shape index (κ1) is 10.7. The van der Waals surface area contributed by atoms with Crippen molar-refractivity contribution in [2.75, 3.05) is 0 Å². The summed E-state index contributed by atoms with van der Waals surface area (Å²) in [6.07, 6.45) is 8.04. The third kappa shape index (κ3) is 1.68. The molecule has 0 atom stereocenters. The Bertz CT molecular complexity index is 731. The Kier molecular flexibility index (Phi) is 2.41. The van der Waals surface area contributed by atoms with Gasteiger partial charge in [-0.2, -0.15) is 5.10 Å². The molecule has 4 heteroatoms. The number of nitrogens with zero attached hydrogens (tertiary/aromatic N) is 3. The van der Waals surface area contributed by atoms with E-state index in [1.54, 1.807) is 23.3 Å². The number of pyridine rings is 1. The number of aldehydes is 1. The van der Waals surface area contributed by atoms with E-state index in [-0.39, 0.29) is 0 Å². The molecule has 3 aromatic rings. The quantitative estimate of drug-likeness (QED) is 0.643. The smallest absolute Gasteiger partial charge is 0.150 e. The van der Waals surface area contributed by atoms with E-state index in [1.807, 2.05) is 31.4 Å². The zero-order chi connectivity index (χ0) is 12.5. The summed E-state index contributed by atoms with van der Waals surface area (Å²) in [6, 6.07) is 5.75. The van der Waals surface area contributed by atoms with Gasteiger partial charge in [0.2, 0.25) is 0 Å². The first-order valence-electron chi connectivity index (χ1n) is 5.60. The fraction of sp³-hybridized carbons (Fsp3) is 0.0714. The van der Waals surface area contributed by atoms with Crippen molar-refractivity contribution < 1.29 is 4.79 Å². The van der Waals surface area contributed by atoms with Crippen LogP contribution in [-0.2, 0) is 7.05 Å². The average molecular weight is 237 g/mol. The van der Waals surface area contributed by atoms with Crippen LogP contribution in [-0.4, -0.2) is 21.1 Å². The fourth-order valence-electron chi connectivity index (χ4n) is 2.06. The summed E-state index contributed by atoms with van der Waals surface area (Å²) in [5.74, 6) is 0. The van der Waals surface area contributed by atoms with Crippen LogP contribution in [0, 0.1) is 0 Å². The van der Waals surface area contributed by atoms with Gasteiger partial charge in [0.15, 0.2) is 6.29 Å². The summed E-state index contributed by atoms with van der Waals surface area (Å²) in [6.45, 7) is 0. The third-order valence-electron chi connectivity index (χ3n) is 2.95. The van der Waals surface area contributed by atoms with Gasteiger partial charge in [-0.05, 0) is 29.1 Å². The fourth-order valence-corrected chi connectivity index (χ4v) is 2.06. The molecule has 0 fully saturated rings. The number of fused-ring (bicyclic) bond motifs is 1. The number of aryl methyl sites for hydroxylation is 1. The second kappa shape index (κ2) is 4.07. The molecule has 0 saturated heterocycles. The highest BCUT2D eigenvalue weighted by Gasteiger charge is 2.08. The lowest BCUT2D eigenvalue weighted by Crippen LogP contribution is -1.88. The molecule has 0 spiro atoms. The van der Waals surface area contributed by atoms with E-state index in [9.17, 15) is 4.79 Å². The van der Waals surface area contributed by atoms with Crippen LogP contribution in [0.2, 0.25) is 0 Å². The van der Waals surface area contributed by atoms with Gasteiger partial charge < -0.3 is 0 Å². The summed E-state index contributed by atoms with van der Waals surface area (Å²) in [5, 5.41) is 6.16. The van der Waals surface area contributed by atoms with E-state index in [1.165, 1.54) is 0 Å². The van der Waals surface area contributed by atoms with E-state index in [0.717, 1.165) is 28.2 Å². The van der Waals surface area contributed by atoms with E-state index in [4.69, 9.17) is 0 Å². The van der Waals surface area contributed by atoms with Crippen LogP contribution >= 0.6 is 0 Å². The second-order valence-electron chi connectivity index (χ2n) is 4.18. The molecule has 2 aromatic heterocycles. The molecule has 2 heterocycles. The van der Waals surface area contributed by atoms with E-state index in [0.29, 0.717) is 5.56 Å². The standard InChI is InChI=1S/C14H11N3O/c1-17-8-13(7-16-17)14-5-11-6-15-3-2-10(11)4-12(14)9-18/h2-9H,1H3. The Morgan fingerprint density at radius 2 is 2.11 bits per heavy atom. The van der Waals surface area contributed by atoms with Gasteiger partial charge in [-0.3, -0.25) is 14.5 Å². The first-order valence-corrected chi connectivity index (χ1v) is 5.60. The molecule has 1 aromatic carbocycles. The van der Waals surface area contributed by atoms with Crippen molar-refractivity contribution in [1.82, 2.24) is 14.8 Å². The van der Waals surface area contributed by atoms with Crippen LogP contribution in [0.4, 0.5) is 0 Å². The Morgan fingerprint density at radius 1 is 1.22 bits per heavy atom. The lowest BCUT2D eigenvalue weighted by atomic mass is 9.99. The molecule has 3 rings (SSSR count). The van der Waals surface area contributed by atoms with Crippen molar-refractivity contribution in [2.45, 2.75) is 0 Å². The maximum atomic E-state index is 11.2. The van der Waals surface area contributed by atoms with Crippen LogP contribution < -0.4 is 0 Å². The summed E-state index contributed by atoms with van der Waals surface area (Å²) in [4.78, 5) is 15.3. The molecule has 0 aliphatic rings. The predicted molar refractivity (Wildman–Crippen MR) is 69.3 cm³/mol. The lowest BCUT2D eigenvalue weighted by Gasteiger charge is -2.05. The molecule has 0 aliphatic carbocycles. The second-order valence-corrected chi connectivity index (χ2v) is 4.18. The molecule has 18 heavy (non-hydrogen) atoms. The number of rotatable bonds is 2. The lowest BCUT2D eigenvalue weighted by molar-refractivity contribution is 0.112. The van der Waals surface area contributed by atoms with Gasteiger partial charge in [-0.25, -0.2) is 0 Å². The molecule has 0 amide bonds. The zero-order valence-electron chi connectivity index (χ0n) is 9.87. The van der Waals surface area contributed by atoms with E-state index < -0.39 is 0 Å². The highest BCUT2D eigenvalue weighted by atomic mass is 16.1. The SMILES string of the molecule is Cn1cc(-c2cc3cnccc3cc2C=O)cn1. The van der Waals surface area contributed by atoms with Crippen molar-refractivity contribution in [1.29, 1.82) is 0 Å². The number of aromatic nitrogens is 3. The summed E-state index contributed by atoms with van der Waals surface area (Å²) < 4.78 is 1.72. The molecular weight excluding hydrogens is 226 g/mol. The summed E-state index contributed by atoms with van der Waals surface area (Å²) in [5.41, 5.74) is 2.49. The van der Waals surface area contributed by atoms with Gasteiger partial charge in [0.05, 0.1) is 6.20 Å². The van der Waals surface area contributed by atoms with Crippen LogP contribution in [0.15, 0.2) is 43.0 Å². The number of carbonyl (C=O) groups excluding carboxylic acids is 1. The van der Waals surface area contributed by atoms with Gasteiger partial charge >= 0.3 is 0 Å². The van der Waals surface area contributed by atoms with Gasteiger partial charge in [0, 0.05) is 42.2 Å². The number of hydrogen-bond donors (Lipinski definition) is 0. The number of hydrogen-bond acceptors (Lipinski definition) is 3. The maximum Gasteiger partial charge on any atom is 0.150 e. The normalized spacial score (nSPS) is 10.7. The van der Waals surface area contributed by atoms with Crippen LogP contribution in [0.1, 0.15) is 10.4 Å². The maximum absolute atomic E-state index is 11.2. The number of benzene rings is 1. The van der Waals surface area contributed by atoms with Crippen LogP contribution in [0.5, 0.6) is 0 Å². The molecule has 0 unspecified atom stereocenters. The van der Waals surface area contributed by atoms with Gasteiger partial charge in [-0.15, -0.1) is 0 Å². The highest BCUT2D eigenvalue weighted by Crippen LogP contribution is 2.27. The summed E-state index contributed by atoms with van der Waals surface area (Å²) >= 11 is 0. The van der Waals surface area contributed by atoms with Crippen molar-refractivity contribution >= 4 is 17.1 Å². The first-order chi connectivity index (χ1) is 8.78. The van der Waals surface area contributed by atoms with Gasteiger partial charge in [0.1, 0.15) is 0 Å². The molecule has 0 N–H and O–H groups in total. The monoisotopic (exact) mass is 237 g/mol. The average Bonchev–Trinajstić information content (AvgIpc) is 2.83. The highest BCUT2D eigenvalue weighted by molar-refractivity contribution is 5.96. The molecule has 0 radical (unpaired) electrons.